The predicted molar refractivity (Wildman–Crippen MR) is 102 cm³/mol. The van der Waals surface area contributed by atoms with Gasteiger partial charge < -0.3 is 20.3 Å². The molecule has 1 aromatic heterocycles. The number of rotatable bonds is 5. The van der Waals surface area contributed by atoms with Crippen LogP contribution in [0.1, 0.15) is 6.42 Å². The minimum absolute atomic E-state index is 0.340. The molecule has 2 aliphatic rings. The maximum Gasteiger partial charge on any atom is 0.191 e. The van der Waals surface area contributed by atoms with Crippen LogP contribution in [0.2, 0.25) is 5.02 Å². The minimum Gasteiger partial charge on any atom is -0.379 e. The Balaban J connectivity index is 1.42. The molecule has 1 unspecified atom stereocenters. The molecule has 0 radical (unpaired) electrons. The molecule has 0 spiro atoms. The molecule has 1 aromatic rings. The van der Waals surface area contributed by atoms with Gasteiger partial charge in [-0.2, -0.15) is 0 Å². The fourth-order valence-corrected chi connectivity index (χ4v) is 3.47. The molecule has 0 amide bonds. The van der Waals surface area contributed by atoms with Gasteiger partial charge in [-0.1, -0.05) is 11.6 Å². The van der Waals surface area contributed by atoms with Crippen LogP contribution in [0.15, 0.2) is 23.3 Å². The summed E-state index contributed by atoms with van der Waals surface area (Å²) in [4.78, 5) is 13.4. The number of aromatic nitrogens is 1. The van der Waals surface area contributed by atoms with Gasteiger partial charge in [0.2, 0.25) is 0 Å². The molecule has 0 aromatic carbocycles. The second kappa shape index (κ2) is 9.22. The van der Waals surface area contributed by atoms with Crippen LogP contribution in [0.5, 0.6) is 0 Å². The fraction of sp³-hybridized carbons (Fsp3) is 0.647. The summed E-state index contributed by atoms with van der Waals surface area (Å²) in [5.74, 6) is 1.72. The van der Waals surface area contributed by atoms with Gasteiger partial charge in [-0.25, -0.2) is 4.98 Å². The van der Waals surface area contributed by atoms with E-state index in [0.717, 1.165) is 70.7 Å². The molecule has 0 saturated carbocycles. The van der Waals surface area contributed by atoms with Gasteiger partial charge in [0.1, 0.15) is 5.82 Å². The number of nitrogens with zero attached hydrogens (tertiary/aromatic N) is 4. The van der Waals surface area contributed by atoms with Crippen molar-refractivity contribution in [2.24, 2.45) is 4.99 Å². The van der Waals surface area contributed by atoms with Gasteiger partial charge in [0.25, 0.3) is 0 Å². The molecule has 2 fully saturated rings. The van der Waals surface area contributed by atoms with Gasteiger partial charge in [0, 0.05) is 58.6 Å². The Morgan fingerprint density at radius 2 is 2.24 bits per heavy atom. The number of aliphatic imine (C=N–C) groups is 1. The molecule has 2 N–H and O–H groups in total. The second-order valence-corrected chi connectivity index (χ2v) is 6.74. The van der Waals surface area contributed by atoms with Gasteiger partial charge in [-0.05, 0) is 18.6 Å². The summed E-state index contributed by atoms with van der Waals surface area (Å²) in [6.45, 7) is 7.39. The Bertz CT molecular complexity index is 578. The van der Waals surface area contributed by atoms with Crippen molar-refractivity contribution in [3.05, 3.63) is 23.4 Å². The molecule has 2 saturated heterocycles. The summed E-state index contributed by atoms with van der Waals surface area (Å²) in [6, 6.07) is 4.09. The Morgan fingerprint density at radius 3 is 3.00 bits per heavy atom. The number of anilines is 1. The topological polar surface area (TPSA) is 65.0 Å². The van der Waals surface area contributed by atoms with Crippen LogP contribution >= 0.6 is 11.6 Å². The van der Waals surface area contributed by atoms with Gasteiger partial charge in [0.05, 0.1) is 18.2 Å². The van der Waals surface area contributed by atoms with Crippen molar-refractivity contribution in [1.29, 1.82) is 0 Å². The number of ether oxygens (including phenoxy) is 1. The maximum absolute atomic E-state index is 6.25. The van der Waals surface area contributed by atoms with Crippen molar-refractivity contribution in [3.8, 4) is 0 Å². The number of hydrogen-bond donors (Lipinski definition) is 2. The molecule has 8 heteroatoms. The van der Waals surface area contributed by atoms with E-state index in [-0.39, 0.29) is 0 Å². The molecular formula is C17H27ClN6O. The van der Waals surface area contributed by atoms with Gasteiger partial charge >= 0.3 is 0 Å². The van der Waals surface area contributed by atoms with Crippen LogP contribution in [0, 0.1) is 0 Å². The highest BCUT2D eigenvalue weighted by atomic mass is 35.5. The van der Waals surface area contributed by atoms with Crippen LogP contribution in [0.4, 0.5) is 5.82 Å². The van der Waals surface area contributed by atoms with E-state index in [9.17, 15) is 0 Å². The number of guanidine groups is 1. The first kappa shape index (κ1) is 18.2. The van der Waals surface area contributed by atoms with Crippen molar-refractivity contribution in [1.82, 2.24) is 20.5 Å². The zero-order valence-electron chi connectivity index (χ0n) is 14.7. The van der Waals surface area contributed by atoms with Crippen molar-refractivity contribution >= 4 is 23.4 Å². The summed E-state index contributed by atoms with van der Waals surface area (Å²) < 4.78 is 5.37. The molecule has 1 atom stereocenters. The van der Waals surface area contributed by atoms with Crippen LogP contribution in [-0.2, 0) is 4.74 Å². The molecule has 3 rings (SSSR count). The molecule has 2 aliphatic heterocycles. The molecule has 25 heavy (non-hydrogen) atoms. The third-order valence-electron chi connectivity index (χ3n) is 4.62. The number of morpholine rings is 1. The van der Waals surface area contributed by atoms with Crippen LogP contribution in [0.25, 0.3) is 0 Å². The average Bonchev–Trinajstić information content (AvgIpc) is 3.10. The Labute approximate surface area is 154 Å². The quantitative estimate of drug-likeness (QED) is 0.594. The zero-order valence-corrected chi connectivity index (χ0v) is 15.5. The SMILES string of the molecule is CN=C(NCCN1CCOCC1)NC1CCN(c2ncccc2Cl)C1. The Morgan fingerprint density at radius 1 is 1.40 bits per heavy atom. The number of pyridine rings is 1. The highest BCUT2D eigenvalue weighted by molar-refractivity contribution is 6.32. The highest BCUT2D eigenvalue weighted by Gasteiger charge is 2.25. The minimum atomic E-state index is 0.340. The maximum atomic E-state index is 6.25. The third kappa shape index (κ3) is 5.20. The molecular weight excluding hydrogens is 340 g/mol. The number of hydrogen-bond acceptors (Lipinski definition) is 5. The third-order valence-corrected chi connectivity index (χ3v) is 4.91. The lowest BCUT2D eigenvalue weighted by Crippen LogP contribution is -2.47. The van der Waals surface area contributed by atoms with E-state index in [2.05, 4.69) is 30.4 Å². The highest BCUT2D eigenvalue weighted by Crippen LogP contribution is 2.25. The van der Waals surface area contributed by atoms with E-state index >= 15 is 0 Å². The van der Waals surface area contributed by atoms with Crippen molar-refractivity contribution in [2.45, 2.75) is 12.5 Å². The summed E-state index contributed by atoms with van der Waals surface area (Å²) in [5.41, 5.74) is 0. The van der Waals surface area contributed by atoms with E-state index < -0.39 is 0 Å². The summed E-state index contributed by atoms with van der Waals surface area (Å²) in [5, 5.41) is 7.62. The van der Waals surface area contributed by atoms with Gasteiger partial charge in [0.15, 0.2) is 5.96 Å². The normalized spacial score (nSPS) is 22.2. The van der Waals surface area contributed by atoms with Crippen LogP contribution in [0.3, 0.4) is 0 Å². The van der Waals surface area contributed by atoms with Crippen molar-refractivity contribution in [3.63, 3.8) is 0 Å². The van der Waals surface area contributed by atoms with E-state index in [1.807, 2.05) is 19.2 Å². The lowest BCUT2D eigenvalue weighted by molar-refractivity contribution is 0.0389. The van der Waals surface area contributed by atoms with Gasteiger partial charge in [-0.15, -0.1) is 0 Å². The first-order chi connectivity index (χ1) is 12.3. The lowest BCUT2D eigenvalue weighted by Gasteiger charge is -2.27. The Kier molecular flexibility index (Phi) is 6.72. The van der Waals surface area contributed by atoms with E-state index in [1.54, 1.807) is 6.20 Å². The van der Waals surface area contributed by atoms with Crippen LogP contribution < -0.4 is 15.5 Å². The molecule has 3 heterocycles. The number of nitrogens with one attached hydrogen (secondary N) is 2. The Hall–Kier alpha value is -1.57. The largest absolute Gasteiger partial charge is 0.379 e. The predicted octanol–water partition coefficient (Wildman–Crippen LogP) is 0.811. The first-order valence-electron chi connectivity index (χ1n) is 8.89. The van der Waals surface area contributed by atoms with Crippen molar-refractivity contribution in [2.75, 3.05) is 64.4 Å². The van der Waals surface area contributed by atoms with Crippen molar-refractivity contribution < 1.29 is 4.74 Å². The van der Waals surface area contributed by atoms with E-state index in [0.29, 0.717) is 11.1 Å². The molecule has 7 nitrogen and oxygen atoms in total. The number of halogens is 1. The summed E-state index contributed by atoms with van der Waals surface area (Å²) >= 11 is 6.25. The molecule has 0 aliphatic carbocycles. The van der Waals surface area contributed by atoms with Gasteiger partial charge in [-0.3, -0.25) is 9.89 Å². The average molecular weight is 367 g/mol. The van der Waals surface area contributed by atoms with E-state index in [4.69, 9.17) is 16.3 Å². The monoisotopic (exact) mass is 366 g/mol. The fourth-order valence-electron chi connectivity index (χ4n) is 3.23. The van der Waals surface area contributed by atoms with Crippen LogP contribution in [-0.4, -0.2) is 81.4 Å². The first-order valence-corrected chi connectivity index (χ1v) is 9.27. The summed E-state index contributed by atoms with van der Waals surface area (Å²) in [6.07, 6.45) is 2.82. The molecule has 0 bridgehead atoms. The standard InChI is InChI=1S/C17H27ClN6O/c1-19-17(21-6-8-23-9-11-25-12-10-23)22-14-4-7-24(13-14)16-15(18)3-2-5-20-16/h2-3,5,14H,4,6-13H2,1H3,(H2,19,21,22). The lowest BCUT2D eigenvalue weighted by atomic mass is 10.3. The smallest absolute Gasteiger partial charge is 0.191 e. The molecule has 138 valence electrons. The summed E-state index contributed by atoms with van der Waals surface area (Å²) in [7, 11) is 1.81. The zero-order chi connectivity index (χ0) is 17.5. The van der Waals surface area contributed by atoms with E-state index in [1.165, 1.54) is 0 Å². The second-order valence-electron chi connectivity index (χ2n) is 6.34.